The third-order valence-electron chi connectivity index (χ3n) is 3.29. The van der Waals surface area contributed by atoms with Crippen molar-refractivity contribution in [3.8, 4) is 0 Å². The second-order valence-electron chi connectivity index (χ2n) is 4.86. The topological polar surface area (TPSA) is 54.6 Å². The maximum Gasteiger partial charge on any atom is 0.244 e. The van der Waals surface area contributed by atoms with Crippen LogP contribution in [0.4, 0.5) is 0 Å². The fraction of sp³-hybridized carbons (Fsp3) is 0.0588. The van der Waals surface area contributed by atoms with E-state index in [4.69, 9.17) is 4.42 Å². The molecule has 3 rings (SSSR count). The van der Waals surface area contributed by atoms with Crippen molar-refractivity contribution in [1.29, 1.82) is 0 Å². The molecule has 23 heavy (non-hydrogen) atoms. The van der Waals surface area contributed by atoms with Crippen LogP contribution in [0.15, 0.2) is 62.5 Å². The van der Waals surface area contributed by atoms with Crippen LogP contribution in [-0.4, -0.2) is 12.1 Å². The summed E-state index contributed by atoms with van der Waals surface area (Å²) in [5, 5.41) is 6.06. The second-order valence-corrected chi connectivity index (χ2v) is 6.78. The molecule has 0 spiro atoms. The van der Waals surface area contributed by atoms with E-state index in [0.29, 0.717) is 5.76 Å². The molecule has 0 atom stereocenters. The first-order valence-corrected chi connectivity index (χ1v) is 8.74. The summed E-state index contributed by atoms with van der Waals surface area (Å²) in [7, 11) is 0. The number of halogens is 2. The number of hydrazone groups is 1. The molecule has 0 aliphatic carbocycles. The van der Waals surface area contributed by atoms with E-state index in [0.717, 1.165) is 24.6 Å². The molecule has 1 heterocycles. The number of carbonyl (C=O) groups is 1. The van der Waals surface area contributed by atoms with E-state index >= 15 is 0 Å². The number of fused-ring (bicyclic) bond motifs is 1. The van der Waals surface area contributed by atoms with E-state index in [-0.39, 0.29) is 12.3 Å². The fourth-order valence-electron chi connectivity index (χ4n) is 2.26. The molecule has 2 aromatic carbocycles. The van der Waals surface area contributed by atoms with Crippen molar-refractivity contribution < 1.29 is 9.21 Å². The fourth-order valence-corrected chi connectivity index (χ4v) is 3.17. The van der Waals surface area contributed by atoms with Crippen molar-refractivity contribution in [3.63, 3.8) is 0 Å². The van der Waals surface area contributed by atoms with Crippen LogP contribution in [-0.2, 0) is 11.2 Å². The summed E-state index contributed by atoms with van der Waals surface area (Å²) in [6, 6.07) is 15.5. The Morgan fingerprint density at radius 3 is 2.70 bits per heavy atom. The van der Waals surface area contributed by atoms with Crippen molar-refractivity contribution in [2.75, 3.05) is 0 Å². The molecular weight excluding hydrogens is 471 g/mol. The van der Waals surface area contributed by atoms with Gasteiger partial charge in [-0.1, -0.05) is 46.3 Å². The zero-order chi connectivity index (χ0) is 16.2. The summed E-state index contributed by atoms with van der Waals surface area (Å²) in [4.78, 5) is 12.1. The number of nitrogens with one attached hydrogen (secondary N) is 1. The number of carbonyl (C=O) groups excluding carboxylic acids is 1. The molecule has 6 heteroatoms. The zero-order valence-corrected chi connectivity index (χ0v) is 15.7. The van der Waals surface area contributed by atoms with Crippen LogP contribution in [0.3, 0.4) is 0 Å². The van der Waals surface area contributed by atoms with Crippen LogP contribution in [0.2, 0.25) is 0 Å². The molecule has 0 unspecified atom stereocenters. The molecule has 1 N–H and O–H groups in total. The number of furan rings is 1. The Bertz CT molecular complexity index is 889. The van der Waals surface area contributed by atoms with Gasteiger partial charge in [-0.25, -0.2) is 5.43 Å². The van der Waals surface area contributed by atoms with Gasteiger partial charge in [-0.15, -0.1) is 0 Å². The van der Waals surface area contributed by atoms with Crippen molar-refractivity contribution in [2.24, 2.45) is 5.10 Å². The third-order valence-corrected chi connectivity index (χ3v) is 4.56. The summed E-state index contributed by atoms with van der Waals surface area (Å²) >= 11 is 5.60. The van der Waals surface area contributed by atoms with Gasteiger partial charge < -0.3 is 4.42 Å². The summed E-state index contributed by atoms with van der Waals surface area (Å²) in [5.41, 5.74) is 3.49. The highest BCUT2D eigenvalue weighted by atomic mass is 127. The average Bonchev–Trinajstić information content (AvgIpc) is 2.96. The summed E-state index contributed by atoms with van der Waals surface area (Å²) in [5.74, 6) is 0.429. The van der Waals surface area contributed by atoms with E-state index in [2.05, 4.69) is 49.0 Å². The smallest absolute Gasteiger partial charge is 0.244 e. The lowest BCUT2D eigenvalue weighted by atomic mass is 10.0. The molecule has 0 saturated carbocycles. The first-order chi connectivity index (χ1) is 11.1. The van der Waals surface area contributed by atoms with Gasteiger partial charge in [0.15, 0.2) is 3.77 Å². The number of amides is 1. The van der Waals surface area contributed by atoms with E-state index in [1.165, 1.54) is 6.21 Å². The van der Waals surface area contributed by atoms with Crippen molar-refractivity contribution in [3.05, 3.63) is 68.1 Å². The predicted molar refractivity (Wildman–Crippen MR) is 103 cm³/mol. The minimum atomic E-state index is -0.171. The minimum absolute atomic E-state index is 0.171. The van der Waals surface area contributed by atoms with Gasteiger partial charge in [0.2, 0.25) is 5.91 Å². The maximum atomic E-state index is 12.1. The first kappa shape index (κ1) is 16.2. The van der Waals surface area contributed by atoms with E-state index in [9.17, 15) is 4.79 Å². The number of rotatable bonds is 4. The molecule has 0 aliphatic rings. The Balaban J connectivity index is 1.71. The van der Waals surface area contributed by atoms with Gasteiger partial charge in [0.25, 0.3) is 0 Å². The zero-order valence-electron chi connectivity index (χ0n) is 11.9. The van der Waals surface area contributed by atoms with Crippen LogP contribution in [0, 0.1) is 3.77 Å². The van der Waals surface area contributed by atoms with Crippen LogP contribution in [0.25, 0.3) is 10.8 Å². The number of benzene rings is 2. The van der Waals surface area contributed by atoms with Gasteiger partial charge in [-0.3, -0.25) is 4.79 Å². The Morgan fingerprint density at radius 2 is 1.96 bits per heavy atom. The first-order valence-electron chi connectivity index (χ1n) is 6.87. The lowest BCUT2D eigenvalue weighted by Gasteiger charge is -2.07. The minimum Gasteiger partial charge on any atom is -0.449 e. The molecule has 0 radical (unpaired) electrons. The normalized spacial score (nSPS) is 11.2. The summed E-state index contributed by atoms with van der Waals surface area (Å²) in [6.45, 7) is 0. The highest BCUT2D eigenvalue weighted by Gasteiger charge is 2.08. The van der Waals surface area contributed by atoms with Crippen molar-refractivity contribution in [2.45, 2.75) is 6.42 Å². The third kappa shape index (κ3) is 4.00. The molecule has 0 fully saturated rings. The molecule has 0 saturated heterocycles. The molecule has 1 aromatic heterocycles. The largest absolute Gasteiger partial charge is 0.449 e. The SMILES string of the molecule is O=C(Cc1ccc(Br)c2ccccc12)NN=Cc1ccc(I)o1. The van der Waals surface area contributed by atoms with Gasteiger partial charge >= 0.3 is 0 Å². The highest BCUT2D eigenvalue weighted by molar-refractivity contribution is 14.1. The van der Waals surface area contributed by atoms with Gasteiger partial charge in [-0.2, -0.15) is 5.10 Å². The predicted octanol–water partition coefficient (Wildman–Crippen LogP) is 4.49. The Hall–Kier alpha value is -1.67. The lowest BCUT2D eigenvalue weighted by molar-refractivity contribution is -0.120. The molecule has 4 nitrogen and oxygen atoms in total. The Labute approximate surface area is 155 Å². The number of hydrogen-bond acceptors (Lipinski definition) is 3. The van der Waals surface area contributed by atoms with E-state index < -0.39 is 0 Å². The van der Waals surface area contributed by atoms with E-state index in [1.807, 2.05) is 42.5 Å². The number of nitrogens with zero attached hydrogens (tertiary/aromatic N) is 1. The highest BCUT2D eigenvalue weighted by Crippen LogP contribution is 2.27. The molecular formula is C17H12BrIN2O2. The monoisotopic (exact) mass is 482 g/mol. The summed E-state index contributed by atoms with van der Waals surface area (Å²) < 4.78 is 7.13. The van der Waals surface area contributed by atoms with Crippen LogP contribution >= 0.6 is 38.5 Å². The van der Waals surface area contributed by atoms with E-state index in [1.54, 1.807) is 6.07 Å². The molecule has 1 amide bonds. The lowest BCUT2D eigenvalue weighted by Crippen LogP contribution is -2.19. The molecule has 0 bridgehead atoms. The molecule has 116 valence electrons. The standard InChI is InChI=1S/C17H12BrIN2O2/c18-15-7-5-11(13-3-1-2-4-14(13)15)9-17(22)21-20-10-12-6-8-16(19)23-12/h1-8,10H,9H2,(H,21,22). The van der Waals surface area contributed by atoms with Gasteiger partial charge in [0.1, 0.15) is 5.76 Å². The Morgan fingerprint density at radius 1 is 1.17 bits per heavy atom. The van der Waals surface area contributed by atoms with Crippen LogP contribution in [0.1, 0.15) is 11.3 Å². The van der Waals surface area contributed by atoms with Gasteiger partial charge in [-0.05, 0) is 57.1 Å². The van der Waals surface area contributed by atoms with Gasteiger partial charge in [0, 0.05) is 4.47 Å². The van der Waals surface area contributed by atoms with Crippen molar-refractivity contribution in [1.82, 2.24) is 5.43 Å². The van der Waals surface area contributed by atoms with Crippen LogP contribution < -0.4 is 5.43 Å². The van der Waals surface area contributed by atoms with Gasteiger partial charge in [0.05, 0.1) is 12.6 Å². The average molecular weight is 483 g/mol. The quantitative estimate of drug-likeness (QED) is 0.338. The second kappa shape index (κ2) is 7.27. The Kier molecular flexibility index (Phi) is 5.12. The molecule has 0 aliphatic heterocycles. The molecule has 3 aromatic rings. The number of hydrogen-bond donors (Lipinski definition) is 1. The van der Waals surface area contributed by atoms with Crippen LogP contribution in [0.5, 0.6) is 0 Å². The van der Waals surface area contributed by atoms with Crippen molar-refractivity contribution >= 4 is 61.4 Å². The summed E-state index contributed by atoms with van der Waals surface area (Å²) in [6.07, 6.45) is 1.75. The maximum absolute atomic E-state index is 12.1.